The van der Waals surface area contributed by atoms with E-state index in [4.69, 9.17) is 11.6 Å². The Balaban J connectivity index is 2.47. The molecule has 10 heteroatoms. The lowest BCUT2D eigenvalue weighted by atomic mass is 10.1. The number of benzene rings is 2. The lowest BCUT2D eigenvalue weighted by Crippen LogP contribution is -2.54. The predicted molar refractivity (Wildman–Crippen MR) is 133 cm³/mol. The maximum atomic E-state index is 14.4. The molecule has 2 aromatic carbocycles. The van der Waals surface area contributed by atoms with Crippen LogP contribution in [0, 0.1) is 12.7 Å². The summed E-state index contributed by atoms with van der Waals surface area (Å²) in [6, 6.07) is 9.68. The van der Waals surface area contributed by atoms with E-state index in [0.29, 0.717) is 10.6 Å². The molecule has 0 fully saturated rings. The van der Waals surface area contributed by atoms with Crippen LogP contribution in [0.1, 0.15) is 38.8 Å². The largest absolute Gasteiger partial charge is 0.350 e. The van der Waals surface area contributed by atoms with E-state index in [2.05, 4.69) is 5.32 Å². The van der Waals surface area contributed by atoms with E-state index in [-0.39, 0.29) is 17.8 Å². The van der Waals surface area contributed by atoms with Crippen LogP contribution < -0.4 is 9.62 Å². The molecule has 0 aliphatic heterocycles. The van der Waals surface area contributed by atoms with E-state index in [9.17, 15) is 22.4 Å². The van der Waals surface area contributed by atoms with Gasteiger partial charge in [0, 0.05) is 22.7 Å². The van der Waals surface area contributed by atoms with Gasteiger partial charge < -0.3 is 10.2 Å². The molecule has 0 saturated heterocycles. The summed E-state index contributed by atoms with van der Waals surface area (Å²) < 4.78 is 40.6. The van der Waals surface area contributed by atoms with Crippen LogP contribution in [0.25, 0.3) is 0 Å². The monoisotopic (exact) mass is 511 g/mol. The first-order chi connectivity index (χ1) is 15.6. The van der Waals surface area contributed by atoms with Crippen LogP contribution in [0.3, 0.4) is 0 Å². The van der Waals surface area contributed by atoms with E-state index in [0.717, 1.165) is 10.6 Å². The molecule has 2 amide bonds. The van der Waals surface area contributed by atoms with Crippen molar-refractivity contribution in [3.63, 3.8) is 0 Å². The Bertz CT molecular complexity index is 1170. The molecule has 0 heterocycles. The van der Waals surface area contributed by atoms with Gasteiger partial charge in [0.15, 0.2) is 0 Å². The summed E-state index contributed by atoms with van der Waals surface area (Å²) in [6.45, 7) is 7.78. The van der Waals surface area contributed by atoms with E-state index in [1.165, 1.54) is 30.0 Å². The van der Waals surface area contributed by atoms with Crippen LogP contribution in [-0.2, 0) is 26.2 Å². The average molecular weight is 512 g/mol. The van der Waals surface area contributed by atoms with Crippen LogP contribution in [0.2, 0.25) is 5.02 Å². The van der Waals surface area contributed by atoms with Gasteiger partial charge >= 0.3 is 0 Å². The zero-order valence-electron chi connectivity index (χ0n) is 20.2. The standard InChI is InChI=1S/C24H31ClFN3O4S/c1-16-19(25)11-9-13-21(16)29(34(6,32)33)15-22(30)28(14-18-10-7-8-12-20(18)26)17(2)23(31)27-24(3,4)5/h7-13,17H,14-15H2,1-6H3,(H,27,31). The van der Waals surface area contributed by atoms with Gasteiger partial charge in [-0.05, 0) is 58.4 Å². The second kappa shape index (κ2) is 10.7. The predicted octanol–water partition coefficient (Wildman–Crippen LogP) is 3.89. The molecule has 2 rings (SSSR count). The Labute approximate surface area is 205 Å². The minimum atomic E-state index is -3.89. The molecule has 1 atom stereocenters. The third-order valence-electron chi connectivity index (χ3n) is 5.15. The topological polar surface area (TPSA) is 86.8 Å². The molecule has 1 unspecified atom stereocenters. The molecule has 0 bridgehead atoms. The average Bonchev–Trinajstić information content (AvgIpc) is 2.71. The third-order valence-corrected chi connectivity index (χ3v) is 6.69. The molecule has 2 aromatic rings. The number of amides is 2. The van der Waals surface area contributed by atoms with Crippen LogP contribution >= 0.6 is 11.6 Å². The molecule has 0 radical (unpaired) electrons. The number of hydrogen-bond acceptors (Lipinski definition) is 4. The van der Waals surface area contributed by atoms with Gasteiger partial charge in [-0.3, -0.25) is 13.9 Å². The van der Waals surface area contributed by atoms with Gasteiger partial charge in [0.1, 0.15) is 18.4 Å². The first-order valence-corrected chi connectivity index (χ1v) is 12.9. The van der Waals surface area contributed by atoms with E-state index in [1.54, 1.807) is 52.0 Å². The number of nitrogens with zero attached hydrogens (tertiary/aromatic N) is 2. The van der Waals surface area contributed by atoms with Crippen molar-refractivity contribution in [1.82, 2.24) is 10.2 Å². The van der Waals surface area contributed by atoms with Gasteiger partial charge in [0.2, 0.25) is 21.8 Å². The van der Waals surface area contributed by atoms with Crippen molar-refractivity contribution in [3.05, 3.63) is 64.4 Å². The lowest BCUT2D eigenvalue weighted by molar-refractivity contribution is -0.140. The smallest absolute Gasteiger partial charge is 0.244 e. The zero-order chi connectivity index (χ0) is 25.8. The number of carbonyl (C=O) groups excluding carboxylic acids is 2. The summed E-state index contributed by atoms with van der Waals surface area (Å²) in [5.41, 5.74) is 0.382. The second-order valence-corrected chi connectivity index (χ2v) is 11.5. The van der Waals surface area contributed by atoms with Gasteiger partial charge in [-0.1, -0.05) is 35.9 Å². The summed E-state index contributed by atoms with van der Waals surface area (Å²) in [7, 11) is -3.89. The molecule has 0 saturated carbocycles. The molecular formula is C24H31ClFN3O4S. The van der Waals surface area contributed by atoms with Crippen molar-refractivity contribution in [2.75, 3.05) is 17.1 Å². The molecule has 1 N–H and O–H groups in total. The van der Waals surface area contributed by atoms with E-state index in [1.807, 2.05) is 0 Å². The van der Waals surface area contributed by atoms with Crippen LogP contribution in [-0.4, -0.2) is 49.5 Å². The van der Waals surface area contributed by atoms with Crippen LogP contribution in [0.5, 0.6) is 0 Å². The van der Waals surface area contributed by atoms with E-state index >= 15 is 0 Å². The normalized spacial score (nSPS) is 12.7. The van der Waals surface area contributed by atoms with Crippen molar-refractivity contribution in [2.24, 2.45) is 0 Å². The summed E-state index contributed by atoms with van der Waals surface area (Å²) in [5, 5.41) is 3.16. The summed E-state index contributed by atoms with van der Waals surface area (Å²) >= 11 is 6.17. The molecule has 0 aliphatic rings. The number of sulfonamides is 1. The van der Waals surface area contributed by atoms with E-state index < -0.39 is 45.8 Å². The Hall–Kier alpha value is -2.65. The fraction of sp³-hybridized carbons (Fsp3) is 0.417. The summed E-state index contributed by atoms with van der Waals surface area (Å²) in [6.07, 6.45) is 0.984. The molecular weight excluding hydrogens is 481 g/mol. The van der Waals surface area contributed by atoms with Crippen LogP contribution in [0.4, 0.5) is 10.1 Å². The maximum Gasteiger partial charge on any atom is 0.244 e. The summed E-state index contributed by atoms with van der Waals surface area (Å²) in [4.78, 5) is 27.5. The lowest BCUT2D eigenvalue weighted by Gasteiger charge is -2.33. The number of hydrogen-bond donors (Lipinski definition) is 1. The van der Waals surface area contributed by atoms with Gasteiger partial charge in [-0.2, -0.15) is 0 Å². The van der Waals surface area contributed by atoms with Crippen molar-refractivity contribution in [1.29, 1.82) is 0 Å². The zero-order valence-corrected chi connectivity index (χ0v) is 21.8. The van der Waals surface area contributed by atoms with Crippen molar-refractivity contribution >= 4 is 39.1 Å². The molecule has 0 spiro atoms. The first kappa shape index (κ1) is 27.6. The van der Waals surface area contributed by atoms with Gasteiger partial charge in [-0.15, -0.1) is 0 Å². The quantitative estimate of drug-likeness (QED) is 0.582. The highest BCUT2D eigenvalue weighted by Crippen LogP contribution is 2.28. The fourth-order valence-electron chi connectivity index (χ4n) is 3.33. The van der Waals surface area contributed by atoms with Gasteiger partial charge in [0.25, 0.3) is 0 Å². The SMILES string of the molecule is Cc1c(Cl)cccc1N(CC(=O)N(Cc1ccccc1F)C(C)C(=O)NC(C)(C)C)S(C)(=O)=O. The number of anilines is 1. The van der Waals surface area contributed by atoms with Crippen LogP contribution in [0.15, 0.2) is 42.5 Å². The molecule has 186 valence electrons. The Morgan fingerprint density at radius 3 is 2.29 bits per heavy atom. The number of carbonyl (C=O) groups is 2. The van der Waals surface area contributed by atoms with Crippen molar-refractivity contribution < 1.29 is 22.4 Å². The minimum absolute atomic E-state index is 0.205. The number of halogens is 2. The number of nitrogens with one attached hydrogen (secondary N) is 1. The van der Waals surface area contributed by atoms with Crippen molar-refractivity contribution in [3.8, 4) is 0 Å². The number of rotatable bonds is 8. The van der Waals surface area contributed by atoms with Gasteiger partial charge in [-0.25, -0.2) is 12.8 Å². The minimum Gasteiger partial charge on any atom is -0.350 e. The first-order valence-electron chi connectivity index (χ1n) is 10.7. The summed E-state index contributed by atoms with van der Waals surface area (Å²) in [5.74, 6) is -1.64. The highest BCUT2D eigenvalue weighted by Gasteiger charge is 2.32. The Morgan fingerprint density at radius 1 is 1.12 bits per heavy atom. The Kier molecular flexibility index (Phi) is 8.71. The Morgan fingerprint density at radius 2 is 1.74 bits per heavy atom. The molecule has 7 nitrogen and oxygen atoms in total. The second-order valence-electron chi connectivity index (χ2n) is 9.18. The van der Waals surface area contributed by atoms with Gasteiger partial charge in [0.05, 0.1) is 11.9 Å². The van der Waals surface area contributed by atoms with Crippen molar-refractivity contribution in [2.45, 2.75) is 52.7 Å². The third kappa shape index (κ3) is 7.17. The highest BCUT2D eigenvalue weighted by molar-refractivity contribution is 7.92. The maximum absolute atomic E-state index is 14.4. The highest BCUT2D eigenvalue weighted by atomic mass is 35.5. The molecule has 34 heavy (non-hydrogen) atoms. The fourth-order valence-corrected chi connectivity index (χ4v) is 4.40. The molecule has 0 aromatic heterocycles. The molecule has 0 aliphatic carbocycles.